The fourth-order valence-corrected chi connectivity index (χ4v) is 7.77. The maximum Gasteiger partial charge on any atom is 0.459 e. The van der Waals surface area contributed by atoms with Crippen molar-refractivity contribution in [3.63, 3.8) is 0 Å². The maximum atomic E-state index is 14.3. The number of nitrogen functional groups attached to an aromatic ring is 1. The molecule has 48 heavy (non-hydrogen) atoms. The number of ether oxygens (including phenoxy) is 2. The monoisotopic (exact) mass is 730 g/mol. The molecule has 2 saturated carbocycles. The van der Waals surface area contributed by atoms with Crippen molar-refractivity contribution in [2.75, 3.05) is 24.0 Å². The van der Waals surface area contributed by atoms with E-state index in [0.717, 1.165) is 31.9 Å². The number of carbonyl (C=O) groups is 1. The first-order valence-corrected chi connectivity index (χ1v) is 18.9. The number of esters is 1. The number of aliphatic hydroxyl groups excluding tert-OH is 1. The van der Waals surface area contributed by atoms with Crippen LogP contribution in [-0.2, 0) is 33.4 Å². The number of rotatable bonds is 13. The molecule has 3 heterocycles. The highest BCUT2D eigenvalue weighted by molar-refractivity contribution is 7.88. The molecular weight excluding hydrogens is 695 g/mol. The average Bonchev–Trinajstić information content (AvgIpc) is 3.30. The van der Waals surface area contributed by atoms with Crippen LogP contribution in [-0.4, -0.2) is 86.4 Å². The predicted molar refractivity (Wildman–Crippen MR) is 171 cm³/mol. The number of halogens is 1. The van der Waals surface area contributed by atoms with E-state index in [4.69, 9.17) is 35.9 Å². The lowest BCUT2D eigenvalue weighted by atomic mass is 9.96. The minimum Gasteiger partial charge on any atom is -0.461 e. The number of nitrogens with one attached hydrogen (secondary N) is 3. The summed E-state index contributed by atoms with van der Waals surface area (Å²) in [5, 5.41) is 25.8. The van der Waals surface area contributed by atoms with E-state index < -0.39 is 59.9 Å². The second-order valence-corrected chi connectivity index (χ2v) is 16.1. The van der Waals surface area contributed by atoms with Crippen molar-refractivity contribution in [3.05, 3.63) is 35.6 Å². The van der Waals surface area contributed by atoms with Gasteiger partial charge < -0.3 is 29.9 Å². The molecule has 2 aromatic heterocycles. The zero-order valence-electron chi connectivity index (χ0n) is 25.9. The number of fused-ring (bicyclic) bond motifs is 1. The van der Waals surface area contributed by atoms with Crippen molar-refractivity contribution < 1.29 is 46.5 Å². The van der Waals surface area contributed by atoms with Gasteiger partial charge in [0.2, 0.25) is 16.0 Å². The van der Waals surface area contributed by atoms with Crippen LogP contribution in [0.4, 0.5) is 11.8 Å². The number of imidazole rings is 1. The van der Waals surface area contributed by atoms with Gasteiger partial charge in [-0.15, -0.1) is 4.83 Å². The molecule has 3 aliphatic rings. The van der Waals surface area contributed by atoms with Crippen LogP contribution in [0.2, 0.25) is 5.02 Å². The number of nitrogens with zero attached hydrogens (tertiary/aromatic N) is 4. The highest BCUT2D eigenvalue weighted by Crippen LogP contribution is 2.53. The third kappa shape index (κ3) is 7.39. The average molecular weight is 731 g/mol. The molecule has 3 aromatic rings. The quantitative estimate of drug-likeness (QED) is 0.0832. The number of aromatic nitrogens is 4. The van der Waals surface area contributed by atoms with E-state index in [1.165, 1.54) is 42.1 Å². The Morgan fingerprint density at radius 1 is 1.23 bits per heavy atom. The molecule has 1 aliphatic heterocycles. The van der Waals surface area contributed by atoms with Crippen molar-refractivity contribution in [2.24, 2.45) is 0 Å². The molecule has 3 fully saturated rings. The van der Waals surface area contributed by atoms with Crippen LogP contribution in [0.3, 0.4) is 0 Å². The molecule has 21 heteroatoms. The molecule has 2 aliphatic carbocycles. The predicted octanol–water partition coefficient (Wildman–Crippen LogP) is 1.76. The van der Waals surface area contributed by atoms with Gasteiger partial charge in [0.25, 0.3) is 0 Å². The van der Waals surface area contributed by atoms with Gasteiger partial charge in [-0.3, -0.25) is 19.3 Å². The van der Waals surface area contributed by atoms with E-state index in [1.54, 1.807) is 0 Å². The molecule has 18 nitrogen and oxygen atoms in total. The first kappa shape index (κ1) is 34.7. The summed E-state index contributed by atoms with van der Waals surface area (Å²) in [5.41, 5.74) is 5.09. The van der Waals surface area contributed by atoms with Gasteiger partial charge in [-0.1, -0.05) is 11.6 Å². The van der Waals surface area contributed by atoms with Crippen LogP contribution in [0.25, 0.3) is 11.2 Å². The highest BCUT2D eigenvalue weighted by atomic mass is 35.5. The summed E-state index contributed by atoms with van der Waals surface area (Å²) in [7, 11) is -8.06. The van der Waals surface area contributed by atoms with E-state index in [-0.39, 0.29) is 34.8 Å². The number of aliphatic hydroxyl groups is 2. The molecule has 0 spiro atoms. The Kier molecular flexibility index (Phi) is 9.38. The molecule has 0 bridgehead atoms. The minimum atomic E-state index is -4.38. The van der Waals surface area contributed by atoms with Gasteiger partial charge in [-0.2, -0.15) is 15.1 Å². The lowest BCUT2D eigenvalue weighted by Gasteiger charge is -2.28. The smallest absolute Gasteiger partial charge is 0.459 e. The normalized spacial score (nSPS) is 26.7. The molecule has 5 atom stereocenters. The van der Waals surface area contributed by atoms with Crippen LogP contribution >= 0.6 is 19.3 Å². The molecule has 6 rings (SSSR count). The second-order valence-electron chi connectivity index (χ2n) is 12.3. The summed E-state index contributed by atoms with van der Waals surface area (Å²) in [4.78, 5) is 27.6. The molecule has 262 valence electrons. The number of hydrogen-bond donors (Lipinski definition) is 6. The zero-order chi connectivity index (χ0) is 34.5. The van der Waals surface area contributed by atoms with Crippen molar-refractivity contribution in [1.29, 1.82) is 0 Å². The molecule has 2 unspecified atom stereocenters. The van der Waals surface area contributed by atoms with Crippen LogP contribution in [0.5, 0.6) is 5.75 Å². The van der Waals surface area contributed by atoms with Crippen molar-refractivity contribution in [1.82, 2.24) is 29.4 Å². The number of nitrogens with two attached hydrogens (primary N) is 1. The zero-order valence-corrected chi connectivity index (χ0v) is 28.4. The van der Waals surface area contributed by atoms with E-state index >= 15 is 0 Å². The summed E-state index contributed by atoms with van der Waals surface area (Å²) in [5.74, 6) is -0.754. The Hall–Kier alpha value is -3.13. The van der Waals surface area contributed by atoms with E-state index in [0.29, 0.717) is 17.9 Å². The minimum absolute atomic E-state index is 0.0363. The second kappa shape index (κ2) is 13.0. The Morgan fingerprint density at radius 2 is 1.92 bits per heavy atom. The molecule has 1 saturated heterocycles. The number of sulfonamides is 1. The van der Waals surface area contributed by atoms with Gasteiger partial charge in [0.05, 0.1) is 19.2 Å². The third-order valence-corrected chi connectivity index (χ3v) is 10.7. The first-order valence-electron chi connectivity index (χ1n) is 15.1. The van der Waals surface area contributed by atoms with Crippen molar-refractivity contribution in [3.8, 4) is 5.75 Å². The Balaban J connectivity index is 1.22. The molecule has 0 amide bonds. The summed E-state index contributed by atoms with van der Waals surface area (Å²) in [6.45, 7) is 0.748. The maximum absolute atomic E-state index is 14.3. The van der Waals surface area contributed by atoms with Gasteiger partial charge in [-0.05, 0) is 69.7 Å². The van der Waals surface area contributed by atoms with Crippen LogP contribution < -0.4 is 25.6 Å². The highest BCUT2D eigenvalue weighted by Gasteiger charge is 2.58. The third-order valence-electron chi connectivity index (χ3n) is 8.32. The SMILES string of the molecule is C[C@@]1(O)[C@H](O)C(COP(=O)(NC2(C(=O)OC3CCCC3)CC2)Oc2ccc(Cl)cc2)O[C@H]1n1cnc2c(NNS(C)(=O)=O)nc(N)nc21. The Bertz CT molecular complexity index is 1840. The Labute approximate surface area is 280 Å². The lowest BCUT2D eigenvalue weighted by molar-refractivity contribution is -0.152. The van der Waals surface area contributed by atoms with Gasteiger partial charge in [-0.25, -0.2) is 18.0 Å². The van der Waals surface area contributed by atoms with Gasteiger partial charge in [0.15, 0.2) is 23.2 Å². The van der Waals surface area contributed by atoms with E-state index in [1.807, 2.05) is 0 Å². The number of anilines is 2. The molecule has 1 aromatic carbocycles. The van der Waals surface area contributed by atoms with Gasteiger partial charge >= 0.3 is 13.7 Å². The van der Waals surface area contributed by atoms with Crippen LogP contribution in [0.1, 0.15) is 51.7 Å². The molecule has 0 radical (unpaired) electrons. The number of carbonyl (C=O) groups excluding carboxylic acids is 1. The van der Waals surface area contributed by atoms with Crippen molar-refractivity contribution in [2.45, 2.75) is 81.1 Å². The van der Waals surface area contributed by atoms with Gasteiger partial charge in [0, 0.05) is 5.02 Å². The number of hydrogen-bond acceptors (Lipinski definition) is 15. The number of benzene rings is 1. The van der Waals surface area contributed by atoms with E-state index in [9.17, 15) is 28.0 Å². The van der Waals surface area contributed by atoms with Gasteiger partial charge in [0.1, 0.15) is 35.2 Å². The lowest BCUT2D eigenvalue weighted by Crippen LogP contribution is -2.45. The summed E-state index contributed by atoms with van der Waals surface area (Å²) >= 11 is 6.00. The Morgan fingerprint density at radius 3 is 2.56 bits per heavy atom. The first-order chi connectivity index (χ1) is 22.6. The summed E-state index contributed by atoms with van der Waals surface area (Å²) in [6.07, 6.45) is 1.85. The molecule has 7 N–H and O–H groups in total. The fraction of sp³-hybridized carbons (Fsp3) is 0.556. The summed E-state index contributed by atoms with van der Waals surface area (Å²) in [6, 6.07) is 6.00. The topological polar surface area (TPSA) is 251 Å². The largest absolute Gasteiger partial charge is 0.461 e. The van der Waals surface area contributed by atoms with Crippen molar-refractivity contribution >= 4 is 58.3 Å². The van der Waals surface area contributed by atoms with Crippen LogP contribution in [0, 0.1) is 0 Å². The number of hydrazine groups is 1. The molecular formula is C27H36ClN8O10PS. The fourth-order valence-electron chi connectivity index (χ4n) is 5.62. The summed E-state index contributed by atoms with van der Waals surface area (Å²) < 4.78 is 62.1. The van der Waals surface area contributed by atoms with E-state index in [2.05, 4.69) is 30.3 Å². The van der Waals surface area contributed by atoms with Crippen LogP contribution in [0.15, 0.2) is 30.6 Å². The standard InChI is InChI=1S/C27H36ClN8O10PS/c1-26(39)20(37)18(45-23(26)36-14-30-19-21(33-35-48(2,41)42)31-25(29)32-22(19)36)13-43-47(40,46-17-9-7-15(28)8-10-17)34-27(11-12-27)24(38)44-16-5-3-4-6-16/h7-10,14,16,18,20,23,35,37,39H,3-6,11-13H2,1-2H3,(H,34,40)(H3,29,31,32,33)/t18?,20-,23-,26-,47?/m1/s1.